The van der Waals surface area contributed by atoms with E-state index in [4.69, 9.17) is 10.1 Å². The van der Waals surface area contributed by atoms with Gasteiger partial charge in [0.05, 0.1) is 6.42 Å². The Morgan fingerprint density at radius 1 is 1.20 bits per heavy atom. The summed E-state index contributed by atoms with van der Waals surface area (Å²) in [4.78, 5) is 20.1. The number of rotatable bonds is 6. The molecule has 0 atom stereocenters. The number of carbonyl (C=O) groups is 1. The monoisotopic (exact) mass is 353 g/mol. The number of hydrogen-bond donors (Lipinski definition) is 2. The standard InChI is InChI=1S/C19H19N3O2S/c1-3-16-12(2)20-18(14-8-9-25-11-14)22-19(16)21-15-6-4-13(5-7-15)10-17(23)24/h4-9,11H,3,10H2,1-2H3,(H,23,24)(H,20,21,22). The number of aromatic nitrogens is 2. The Bertz CT molecular complexity index is 874. The van der Waals surface area contributed by atoms with E-state index in [9.17, 15) is 4.79 Å². The molecular formula is C19H19N3O2S. The van der Waals surface area contributed by atoms with Crippen LogP contribution in [0.2, 0.25) is 0 Å². The molecule has 0 fully saturated rings. The number of benzene rings is 1. The minimum absolute atomic E-state index is 0.0232. The van der Waals surface area contributed by atoms with Crippen molar-refractivity contribution in [2.24, 2.45) is 0 Å². The molecule has 3 aromatic rings. The van der Waals surface area contributed by atoms with Crippen molar-refractivity contribution in [3.8, 4) is 11.4 Å². The molecule has 0 bridgehead atoms. The van der Waals surface area contributed by atoms with Crippen molar-refractivity contribution in [3.05, 3.63) is 57.9 Å². The topological polar surface area (TPSA) is 75.1 Å². The van der Waals surface area contributed by atoms with Crippen LogP contribution in [-0.4, -0.2) is 21.0 Å². The van der Waals surface area contributed by atoms with Gasteiger partial charge in [-0.15, -0.1) is 0 Å². The maximum Gasteiger partial charge on any atom is 0.307 e. The van der Waals surface area contributed by atoms with E-state index in [-0.39, 0.29) is 6.42 Å². The van der Waals surface area contributed by atoms with Crippen LogP contribution in [0.4, 0.5) is 11.5 Å². The Morgan fingerprint density at radius 3 is 2.56 bits per heavy atom. The molecule has 1 aromatic carbocycles. The molecule has 2 aromatic heterocycles. The predicted octanol–water partition coefficient (Wildman–Crippen LogP) is 4.45. The van der Waals surface area contributed by atoms with Crippen molar-refractivity contribution < 1.29 is 9.90 Å². The van der Waals surface area contributed by atoms with Gasteiger partial charge in [-0.3, -0.25) is 4.79 Å². The highest BCUT2D eigenvalue weighted by Crippen LogP contribution is 2.26. The average molecular weight is 353 g/mol. The molecule has 0 aliphatic carbocycles. The molecule has 5 nitrogen and oxygen atoms in total. The first kappa shape index (κ1) is 17.1. The van der Waals surface area contributed by atoms with Crippen LogP contribution in [0.3, 0.4) is 0 Å². The van der Waals surface area contributed by atoms with Gasteiger partial charge in [0.25, 0.3) is 0 Å². The van der Waals surface area contributed by atoms with Crippen molar-refractivity contribution in [2.75, 3.05) is 5.32 Å². The third kappa shape index (κ3) is 4.03. The van der Waals surface area contributed by atoms with Crippen molar-refractivity contribution in [1.29, 1.82) is 0 Å². The van der Waals surface area contributed by atoms with E-state index in [2.05, 4.69) is 17.2 Å². The van der Waals surface area contributed by atoms with Gasteiger partial charge in [0.1, 0.15) is 5.82 Å². The summed E-state index contributed by atoms with van der Waals surface area (Å²) < 4.78 is 0. The number of carboxylic acid groups (broad SMARTS) is 1. The quantitative estimate of drug-likeness (QED) is 0.685. The molecule has 2 N–H and O–H groups in total. The molecule has 0 aliphatic heterocycles. The van der Waals surface area contributed by atoms with Gasteiger partial charge >= 0.3 is 5.97 Å². The smallest absolute Gasteiger partial charge is 0.307 e. The zero-order chi connectivity index (χ0) is 17.8. The summed E-state index contributed by atoms with van der Waals surface area (Å²) in [5.74, 6) is 0.670. The summed E-state index contributed by atoms with van der Waals surface area (Å²) in [5.41, 5.74) is 4.69. The van der Waals surface area contributed by atoms with Crippen LogP contribution in [-0.2, 0) is 17.6 Å². The SMILES string of the molecule is CCc1c(C)nc(-c2ccsc2)nc1Nc1ccc(CC(=O)O)cc1. The lowest BCUT2D eigenvalue weighted by Crippen LogP contribution is -2.05. The van der Waals surface area contributed by atoms with Crippen LogP contribution in [0.1, 0.15) is 23.7 Å². The van der Waals surface area contributed by atoms with E-state index in [1.54, 1.807) is 11.3 Å². The fraction of sp³-hybridized carbons (Fsp3) is 0.211. The number of nitrogens with one attached hydrogen (secondary N) is 1. The van der Waals surface area contributed by atoms with Crippen molar-refractivity contribution in [3.63, 3.8) is 0 Å². The average Bonchev–Trinajstić information content (AvgIpc) is 3.10. The summed E-state index contributed by atoms with van der Waals surface area (Å²) in [6.45, 7) is 4.08. The van der Waals surface area contributed by atoms with Crippen LogP contribution < -0.4 is 5.32 Å². The predicted molar refractivity (Wildman–Crippen MR) is 101 cm³/mol. The molecule has 0 spiro atoms. The molecule has 0 saturated heterocycles. The van der Waals surface area contributed by atoms with Crippen molar-refractivity contribution in [2.45, 2.75) is 26.7 Å². The van der Waals surface area contributed by atoms with E-state index in [0.29, 0.717) is 5.82 Å². The molecule has 3 rings (SSSR count). The molecule has 0 radical (unpaired) electrons. The van der Waals surface area contributed by atoms with Crippen LogP contribution in [0.25, 0.3) is 11.4 Å². The third-order valence-corrected chi connectivity index (χ3v) is 4.60. The van der Waals surface area contributed by atoms with Gasteiger partial charge in [-0.2, -0.15) is 11.3 Å². The highest BCUT2D eigenvalue weighted by atomic mass is 32.1. The fourth-order valence-electron chi connectivity index (χ4n) is 2.66. The molecular weight excluding hydrogens is 334 g/mol. The number of aryl methyl sites for hydroxylation is 1. The fourth-order valence-corrected chi connectivity index (χ4v) is 3.30. The first-order valence-corrected chi connectivity index (χ1v) is 8.99. The van der Waals surface area contributed by atoms with Crippen LogP contribution in [0.5, 0.6) is 0 Å². The highest BCUT2D eigenvalue weighted by molar-refractivity contribution is 7.08. The zero-order valence-corrected chi connectivity index (χ0v) is 14.9. The summed E-state index contributed by atoms with van der Waals surface area (Å²) in [5, 5.41) is 16.3. The molecule has 0 amide bonds. The summed E-state index contributed by atoms with van der Waals surface area (Å²) in [6, 6.07) is 9.39. The maximum absolute atomic E-state index is 10.8. The van der Waals surface area contributed by atoms with Gasteiger partial charge in [0, 0.05) is 27.9 Å². The summed E-state index contributed by atoms with van der Waals surface area (Å²) in [6.07, 6.45) is 0.852. The molecule has 0 aliphatic rings. The van der Waals surface area contributed by atoms with E-state index in [0.717, 1.165) is 40.3 Å². The summed E-state index contributed by atoms with van der Waals surface area (Å²) in [7, 11) is 0. The van der Waals surface area contributed by atoms with Crippen LogP contribution in [0, 0.1) is 6.92 Å². The molecule has 0 saturated carbocycles. The van der Waals surface area contributed by atoms with Gasteiger partial charge in [-0.05, 0) is 42.5 Å². The largest absolute Gasteiger partial charge is 0.481 e. The Kier molecular flexibility index (Phi) is 5.09. The lowest BCUT2D eigenvalue weighted by molar-refractivity contribution is -0.136. The first-order valence-electron chi connectivity index (χ1n) is 8.04. The highest BCUT2D eigenvalue weighted by Gasteiger charge is 2.12. The number of hydrogen-bond acceptors (Lipinski definition) is 5. The van der Waals surface area contributed by atoms with Crippen molar-refractivity contribution >= 4 is 28.8 Å². The number of anilines is 2. The van der Waals surface area contributed by atoms with Crippen molar-refractivity contribution in [1.82, 2.24) is 9.97 Å². The van der Waals surface area contributed by atoms with E-state index < -0.39 is 5.97 Å². The van der Waals surface area contributed by atoms with E-state index in [1.807, 2.05) is 48.0 Å². The Balaban J connectivity index is 1.91. The number of carboxylic acids is 1. The zero-order valence-electron chi connectivity index (χ0n) is 14.1. The second kappa shape index (κ2) is 7.44. The van der Waals surface area contributed by atoms with E-state index in [1.165, 1.54) is 0 Å². The van der Waals surface area contributed by atoms with Crippen LogP contribution >= 0.6 is 11.3 Å². The van der Waals surface area contributed by atoms with E-state index >= 15 is 0 Å². The first-order chi connectivity index (χ1) is 12.1. The van der Waals surface area contributed by atoms with Crippen LogP contribution in [0.15, 0.2) is 41.1 Å². The molecule has 6 heteroatoms. The van der Waals surface area contributed by atoms with Gasteiger partial charge in [0.2, 0.25) is 0 Å². The molecule has 0 unspecified atom stereocenters. The Hall–Kier alpha value is -2.73. The third-order valence-electron chi connectivity index (χ3n) is 3.92. The minimum atomic E-state index is -0.833. The molecule has 2 heterocycles. The second-order valence-corrected chi connectivity index (χ2v) is 6.50. The Morgan fingerprint density at radius 2 is 1.96 bits per heavy atom. The lowest BCUT2D eigenvalue weighted by Gasteiger charge is -2.14. The van der Waals surface area contributed by atoms with Gasteiger partial charge in [0.15, 0.2) is 5.82 Å². The van der Waals surface area contributed by atoms with Gasteiger partial charge in [-0.25, -0.2) is 9.97 Å². The second-order valence-electron chi connectivity index (χ2n) is 5.72. The maximum atomic E-state index is 10.8. The Labute approximate surface area is 150 Å². The molecule has 25 heavy (non-hydrogen) atoms. The van der Waals surface area contributed by atoms with Gasteiger partial charge < -0.3 is 10.4 Å². The minimum Gasteiger partial charge on any atom is -0.481 e. The lowest BCUT2D eigenvalue weighted by atomic mass is 10.1. The summed E-state index contributed by atoms with van der Waals surface area (Å²) >= 11 is 1.62. The van der Waals surface area contributed by atoms with Gasteiger partial charge in [-0.1, -0.05) is 19.1 Å². The number of nitrogens with zero attached hydrogens (tertiary/aromatic N) is 2. The normalized spacial score (nSPS) is 10.6. The number of aliphatic carboxylic acids is 1. The molecule has 128 valence electrons. The number of thiophene rings is 1.